The molecule has 3 amide bonds. The van der Waals surface area contributed by atoms with Crippen LogP contribution in [0, 0.1) is 11.6 Å². The van der Waals surface area contributed by atoms with Crippen LogP contribution in [0.5, 0.6) is 5.75 Å². The van der Waals surface area contributed by atoms with Gasteiger partial charge in [0.25, 0.3) is 5.91 Å². The van der Waals surface area contributed by atoms with Gasteiger partial charge in [-0.2, -0.15) is 0 Å². The lowest BCUT2D eigenvalue weighted by atomic mass is 10.1. The second-order valence-corrected chi connectivity index (χ2v) is 6.34. The van der Waals surface area contributed by atoms with Crippen LogP contribution >= 0.6 is 11.3 Å². The second kappa shape index (κ2) is 7.96. The van der Waals surface area contributed by atoms with E-state index in [9.17, 15) is 18.4 Å². The van der Waals surface area contributed by atoms with Gasteiger partial charge in [-0.25, -0.2) is 13.6 Å². The minimum absolute atomic E-state index is 0.353. The van der Waals surface area contributed by atoms with Gasteiger partial charge in [-0.1, -0.05) is 12.1 Å². The van der Waals surface area contributed by atoms with Crippen LogP contribution in [0.1, 0.15) is 10.4 Å². The zero-order chi connectivity index (χ0) is 19.4. The molecule has 2 N–H and O–H groups in total. The molecule has 8 heteroatoms. The van der Waals surface area contributed by atoms with Gasteiger partial charge in [0, 0.05) is 22.2 Å². The lowest BCUT2D eigenvalue weighted by Crippen LogP contribution is -2.35. The van der Waals surface area contributed by atoms with Gasteiger partial charge < -0.3 is 10.1 Å². The van der Waals surface area contributed by atoms with E-state index in [0.29, 0.717) is 11.4 Å². The van der Waals surface area contributed by atoms with E-state index in [1.807, 2.05) is 22.8 Å². The van der Waals surface area contributed by atoms with Gasteiger partial charge in [0.1, 0.15) is 22.9 Å². The number of halogens is 2. The number of imide groups is 1. The average molecular weight is 388 g/mol. The van der Waals surface area contributed by atoms with Gasteiger partial charge in [-0.3, -0.25) is 10.1 Å². The average Bonchev–Trinajstić information content (AvgIpc) is 3.15. The maximum Gasteiger partial charge on any atom is 0.326 e. The number of hydrogen-bond donors (Lipinski definition) is 2. The number of nitrogens with one attached hydrogen (secondary N) is 2. The lowest BCUT2D eigenvalue weighted by Gasteiger charge is -2.11. The summed E-state index contributed by atoms with van der Waals surface area (Å²) in [6, 6.07) is 10.9. The van der Waals surface area contributed by atoms with E-state index < -0.39 is 29.1 Å². The third-order valence-electron chi connectivity index (χ3n) is 3.66. The minimum atomic E-state index is -1.18. The Kier molecular flexibility index (Phi) is 5.46. The van der Waals surface area contributed by atoms with Crippen molar-refractivity contribution in [2.45, 2.75) is 0 Å². The Hall–Kier alpha value is -3.26. The number of ether oxygens (including phenoxy) is 1. The largest absolute Gasteiger partial charge is 0.496 e. The van der Waals surface area contributed by atoms with Crippen LogP contribution < -0.4 is 15.4 Å². The topological polar surface area (TPSA) is 67.4 Å². The van der Waals surface area contributed by atoms with Crippen LogP contribution in [0.25, 0.3) is 10.4 Å². The molecule has 0 aliphatic heterocycles. The fraction of sp³-hybridized carbons (Fsp3) is 0.0526. The van der Waals surface area contributed by atoms with Crippen molar-refractivity contribution >= 4 is 29.0 Å². The lowest BCUT2D eigenvalue weighted by molar-refractivity contribution is 0.0959. The Bertz CT molecular complexity index is 970. The van der Waals surface area contributed by atoms with Crippen molar-refractivity contribution in [3.63, 3.8) is 0 Å². The molecule has 0 atom stereocenters. The molecule has 0 saturated carbocycles. The Morgan fingerprint density at radius 1 is 1.04 bits per heavy atom. The van der Waals surface area contributed by atoms with Gasteiger partial charge >= 0.3 is 6.03 Å². The molecular formula is C19H14F2N2O3S. The highest BCUT2D eigenvalue weighted by atomic mass is 32.1. The number of carbonyl (C=O) groups is 2. The first-order chi connectivity index (χ1) is 13.0. The predicted octanol–water partition coefficient (Wildman–Crippen LogP) is 4.66. The zero-order valence-electron chi connectivity index (χ0n) is 14.1. The van der Waals surface area contributed by atoms with Crippen molar-refractivity contribution in [1.82, 2.24) is 5.32 Å². The standard InChI is InChI=1S/C19H14F2N2O3S/c1-26-15-10-11(7-8-12(15)16-6-3-9-27-16)22-19(25)23-18(24)17-13(20)4-2-5-14(17)21/h2-10H,1H3,(H2,22,23,24,25). The number of urea groups is 1. The number of benzene rings is 2. The Morgan fingerprint density at radius 2 is 1.78 bits per heavy atom. The predicted molar refractivity (Wildman–Crippen MR) is 99.1 cm³/mol. The summed E-state index contributed by atoms with van der Waals surface area (Å²) in [6.07, 6.45) is 0. The number of hydrogen-bond acceptors (Lipinski definition) is 4. The van der Waals surface area contributed by atoms with Crippen molar-refractivity contribution in [1.29, 1.82) is 0 Å². The normalized spacial score (nSPS) is 10.3. The molecule has 0 bridgehead atoms. The maximum absolute atomic E-state index is 13.6. The molecular weight excluding hydrogens is 374 g/mol. The Morgan fingerprint density at radius 3 is 2.41 bits per heavy atom. The van der Waals surface area contributed by atoms with E-state index in [0.717, 1.165) is 28.6 Å². The molecule has 0 spiro atoms. The molecule has 0 fully saturated rings. The number of thiophene rings is 1. The van der Waals surface area contributed by atoms with Crippen LogP contribution in [0.15, 0.2) is 53.9 Å². The summed E-state index contributed by atoms with van der Waals surface area (Å²) in [5.74, 6) is -2.75. The molecule has 0 aliphatic rings. The molecule has 5 nitrogen and oxygen atoms in total. The van der Waals surface area contributed by atoms with Gasteiger partial charge in [-0.05, 0) is 35.7 Å². The number of methoxy groups -OCH3 is 1. The molecule has 0 radical (unpaired) electrons. The molecule has 2 aromatic carbocycles. The van der Waals surface area contributed by atoms with E-state index in [2.05, 4.69) is 5.32 Å². The van der Waals surface area contributed by atoms with Crippen molar-refractivity contribution in [2.24, 2.45) is 0 Å². The SMILES string of the molecule is COc1cc(NC(=O)NC(=O)c2c(F)cccc2F)ccc1-c1cccs1. The number of anilines is 1. The molecule has 27 heavy (non-hydrogen) atoms. The minimum Gasteiger partial charge on any atom is -0.496 e. The van der Waals surface area contributed by atoms with E-state index in [-0.39, 0.29) is 0 Å². The third kappa shape index (κ3) is 4.12. The first kappa shape index (κ1) is 18.5. The van der Waals surface area contributed by atoms with Crippen LogP contribution in [0.4, 0.5) is 19.3 Å². The smallest absolute Gasteiger partial charge is 0.326 e. The molecule has 0 saturated heterocycles. The van der Waals surface area contributed by atoms with Gasteiger partial charge in [0.05, 0.1) is 7.11 Å². The Balaban J connectivity index is 1.73. The number of amides is 3. The van der Waals surface area contributed by atoms with E-state index in [1.165, 1.54) is 18.4 Å². The van der Waals surface area contributed by atoms with Crippen molar-refractivity contribution in [2.75, 3.05) is 12.4 Å². The molecule has 1 heterocycles. The molecule has 3 rings (SSSR count). The molecule has 3 aromatic rings. The molecule has 138 valence electrons. The van der Waals surface area contributed by atoms with Gasteiger partial charge in [-0.15, -0.1) is 11.3 Å². The number of rotatable bonds is 4. The summed E-state index contributed by atoms with van der Waals surface area (Å²) in [4.78, 5) is 24.9. The summed E-state index contributed by atoms with van der Waals surface area (Å²) in [6.45, 7) is 0. The first-order valence-electron chi connectivity index (χ1n) is 7.78. The zero-order valence-corrected chi connectivity index (χ0v) is 14.9. The summed E-state index contributed by atoms with van der Waals surface area (Å²) >= 11 is 1.54. The van der Waals surface area contributed by atoms with Crippen LogP contribution in [-0.2, 0) is 0 Å². The quantitative estimate of drug-likeness (QED) is 0.683. The van der Waals surface area contributed by atoms with E-state index in [4.69, 9.17) is 4.74 Å². The molecule has 0 unspecified atom stereocenters. The monoisotopic (exact) mass is 388 g/mol. The summed E-state index contributed by atoms with van der Waals surface area (Å²) in [5.41, 5.74) is 0.382. The maximum atomic E-state index is 13.6. The third-order valence-corrected chi connectivity index (χ3v) is 4.57. The highest BCUT2D eigenvalue weighted by molar-refractivity contribution is 7.13. The fourth-order valence-corrected chi connectivity index (χ4v) is 3.20. The van der Waals surface area contributed by atoms with E-state index >= 15 is 0 Å². The van der Waals surface area contributed by atoms with E-state index in [1.54, 1.807) is 18.2 Å². The Labute approximate surface area is 157 Å². The van der Waals surface area contributed by atoms with Crippen molar-refractivity contribution < 1.29 is 23.1 Å². The molecule has 0 aliphatic carbocycles. The fourth-order valence-electron chi connectivity index (χ4n) is 2.45. The van der Waals surface area contributed by atoms with Crippen molar-refractivity contribution in [3.8, 4) is 16.2 Å². The van der Waals surface area contributed by atoms with Crippen molar-refractivity contribution in [3.05, 3.63) is 71.1 Å². The van der Waals surface area contributed by atoms with Crippen LogP contribution in [0.2, 0.25) is 0 Å². The van der Waals surface area contributed by atoms with Gasteiger partial charge in [0.2, 0.25) is 0 Å². The number of carbonyl (C=O) groups excluding carboxylic acids is 2. The van der Waals surface area contributed by atoms with Crippen LogP contribution in [0.3, 0.4) is 0 Å². The summed E-state index contributed by atoms with van der Waals surface area (Å²) in [7, 11) is 1.50. The summed E-state index contributed by atoms with van der Waals surface area (Å²) in [5, 5.41) is 6.27. The van der Waals surface area contributed by atoms with Crippen LogP contribution in [-0.4, -0.2) is 19.0 Å². The highest BCUT2D eigenvalue weighted by Crippen LogP contribution is 2.35. The highest BCUT2D eigenvalue weighted by Gasteiger charge is 2.19. The molecule has 1 aromatic heterocycles. The summed E-state index contributed by atoms with van der Waals surface area (Å²) < 4.78 is 32.6. The first-order valence-corrected chi connectivity index (χ1v) is 8.66. The second-order valence-electron chi connectivity index (χ2n) is 5.40. The van der Waals surface area contributed by atoms with Gasteiger partial charge in [0.15, 0.2) is 0 Å².